The molecule has 3 N–H and O–H groups in total. The second-order valence-electron chi connectivity index (χ2n) is 8.44. The largest absolute Gasteiger partial charge is 0.387 e. The van der Waals surface area contributed by atoms with Gasteiger partial charge in [0, 0.05) is 18.2 Å². The Kier molecular flexibility index (Phi) is 7.60. The van der Waals surface area contributed by atoms with E-state index in [-0.39, 0.29) is 29.2 Å². The highest BCUT2D eigenvalue weighted by Crippen LogP contribution is 2.34. The predicted octanol–water partition coefficient (Wildman–Crippen LogP) is 3.70. The topological polar surface area (TPSA) is 105 Å². The quantitative estimate of drug-likeness (QED) is 0.504. The number of carbonyl (C=O) groups excluding carboxylic acids is 1. The van der Waals surface area contributed by atoms with E-state index < -0.39 is 24.2 Å². The zero-order valence-corrected chi connectivity index (χ0v) is 18.5. The van der Waals surface area contributed by atoms with Crippen LogP contribution in [0.4, 0.5) is 18.9 Å². The number of halogens is 4. The number of alkyl halides is 3. The van der Waals surface area contributed by atoms with Gasteiger partial charge in [0.1, 0.15) is 11.3 Å². The van der Waals surface area contributed by atoms with E-state index in [2.05, 4.69) is 25.8 Å². The van der Waals surface area contributed by atoms with E-state index >= 15 is 0 Å². The van der Waals surface area contributed by atoms with Crippen molar-refractivity contribution < 1.29 is 23.1 Å². The summed E-state index contributed by atoms with van der Waals surface area (Å²) in [5.74, 6) is -0.506. The second-order valence-corrected chi connectivity index (χ2v) is 8.83. The van der Waals surface area contributed by atoms with Crippen molar-refractivity contribution in [3.63, 3.8) is 0 Å². The first-order chi connectivity index (χ1) is 15.0. The Labute approximate surface area is 188 Å². The summed E-state index contributed by atoms with van der Waals surface area (Å²) in [5.41, 5.74) is -0.359. The lowest BCUT2D eigenvalue weighted by Gasteiger charge is -2.29. The Morgan fingerprint density at radius 1 is 1.28 bits per heavy atom. The van der Waals surface area contributed by atoms with Gasteiger partial charge in [-0.2, -0.15) is 19.0 Å². The third-order valence-electron chi connectivity index (χ3n) is 5.53. The Bertz CT molecular complexity index is 928. The highest BCUT2D eigenvalue weighted by molar-refractivity contribution is 6.29. The lowest BCUT2D eigenvalue weighted by Crippen LogP contribution is -2.42. The fourth-order valence-corrected chi connectivity index (χ4v) is 3.74. The molecule has 2 aromatic heterocycles. The van der Waals surface area contributed by atoms with Gasteiger partial charge < -0.3 is 15.7 Å². The number of rotatable bonds is 8. The van der Waals surface area contributed by atoms with E-state index in [1.165, 1.54) is 32.3 Å². The van der Waals surface area contributed by atoms with Gasteiger partial charge in [-0.25, -0.2) is 9.37 Å². The molecule has 176 valence electrons. The summed E-state index contributed by atoms with van der Waals surface area (Å²) in [6.07, 6.45) is 3.93. The molecule has 1 amide bonds. The maximum atomic E-state index is 14.0. The minimum absolute atomic E-state index is 0.0201. The normalized spacial score (nSPS) is 20.2. The van der Waals surface area contributed by atoms with Gasteiger partial charge >= 0.3 is 6.55 Å². The molecule has 0 radical (unpaired) electrons. The van der Waals surface area contributed by atoms with Crippen LogP contribution in [0.3, 0.4) is 0 Å². The molecule has 32 heavy (non-hydrogen) atoms. The van der Waals surface area contributed by atoms with Crippen LogP contribution in [-0.4, -0.2) is 55.4 Å². The minimum Gasteiger partial charge on any atom is -0.387 e. The maximum absolute atomic E-state index is 14.0. The number of aromatic nitrogens is 4. The van der Waals surface area contributed by atoms with E-state index in [1.807, 2.05) is 0 Å². The Balaban J connectivity index is 1.61. The summed E-state index contributed by atoms with van der Waals surface area (Å²) in [4.78, 5) is 16.9. The molecule has 1 aliphatic rings. The average molecular weight is 475 g/mol. The van der Waals surface area contributed by atoms with Gasteiger partial charge in [-0.1, -0.05) is 11.6 Å². The summed E-state index contributed by atoms with van der Waals surface area (Å²) in [6, 6.07) is 1.55. The summed E-state index contributed by atoms with van der Waals surface area (Å²) in [5, 5.41) is 23.1. The summed E-state index contributed by atoms with van der Waals surface area (Å²) in [6.45, 7) is -0.468. The number of nitrogens with one attached hydrogen (secondary N) is 2. The molecule has 2 heterocycles. The van der Waals surface area contributed by atoms with Crippen LogP contribution in [-0.2, 0) is 0 Å². The van der Waals surface area contributed by atoms with Gasteiger partial charge in [-0.05, 0) is 45.6 Å². The average Bonchev–Trinajstić information content (AvgIpc) is 3.22. The minimum atomic E-state index is -2.76. The molecule has 0 unspecified atom stereocenters. The van der Waals surface area contributed by atoms with Gasteiger partial charge in [0.05, 0.1) is 35.3 Å². The van der Waals surface area contributed by atoms with Crippen molar-refractivity contribution in [2.75, 3.05) is 11.9 Å². The van der Waals surface area contributed by atoms with Crippen LogP contribution in [0.2, 0.25) is 5.15 Å². The van der Waals surface area contributed by atoms with Crippen LogP contribution in [0, 0.1) is 0 Å². The molecule has 8 nitrogen and oxygen atoms in total. The van der Waals surface area contributed by atoms with Crippen LogP contribution < -0.4 is 10.6 Å². The molecule has 0 spiro atoms. The van der Waals surface area contributed by atoms with E-state index in [0.717, 1.165) is 25.7 Å². The maximum Gasteiger partial charge on any atom is 0.348 e. The third-order valence-corrected chi connectivity index (χ3v) is 5.74. The molecule has 0 aliphatic heterocycles. The lowest BCUT2D eigenvalue weighted by atomic mass is 9.84. The number of pyridine rings is 1. The fourth-order valence-electron chi connectivity index (χ4n) is 3.58. The van der Waals surface area contributed by atoms with Crippen molar-refractivity contribution in [2.45, 2.75) is 69.8 Å². The molecular weight excluding hydrogens is 449 g/mol. The van der Waals surface area contributed by atoms with Crippen LogP contribution in [0.25, 0.3) is 0 Å². The molecule has 0 saturated heterocycles. The number of nitrogens with zero attached hydrogens (tertiary/aromatic N) is 4. The molecule has 1 aliphatic carbocycles. The number of amides is 1. The zero-order valence-electron chi connectivity index (χ0n) is 17.7. The SMILES string of the molecule is CC(C)(O)[C@H](F)CNC(=O)c1cnc(Cl)cc1NC1CCC(c2cnn(C(F)F)n2)CC1. The van der Waals surface area contributed by atoms with Crippen molar-refractivity contribution in [2.24, 2.45) is 0 Å². The van der Waals surface area contributed by atoms with Crippen molar-refractivity contribution in [1.29, 1.82) is 0 Å². The van der Waals surface area contributed by atoms with Gasteiger partial charge in [0.15, 0.2) is 0 Å². The summed E-state index contributed by atoms with van der Waals surface area (Å²) < 4.78 is 39.4. The molecule has 0 aromatic carbocycles. The standard InChI is InChI=1S/C20H26ClF3N6O2/c1-20(2,32)16(22)10-26-18(31)13-8-25-17(21)7-14(13)28-12-5-3-11(4-6-12)15-9-27-30(29-15)19(23)24/h7-9,11-12,16,19,32H,3-6,10H2,1-2H3,(H,25,28)(H,26,31)/t11?,12?,16-/m1/s1. The monoisotopic (exact) mass is 474 g/mol. The van der Waals surface area contributed by atoms with E-state index in [9.17, 15) is 23.1 Å². The first-order valence-corrected chi connectivity index (χ1v) is 10.7. The van der Waals surface area contributed by atoms with Crippen molar-refractivity contribution in [3.8, 4) is 0 Å². The van der Waals surface area contributed by atoms with Gasteiger partial charge in [0.2, 0.25) is 0 Å². The van der Waals surface area contributed by atoms with Gasteiger partial charge in [0.25, 0.3) is 5.91 Å². The molecular formula is C20H26ClF3N6O2. The molecule has 12 heteroatoms. The van der Waals surface area contributed by atoms with Gasteiger partial charge in [-0.3, -0.25) is 4.79 Å². The predicted molar refractivity (Wildman–Crippen MR) is 113 cm³/mol. The second kappa shape index (κ2) is 10.0. The van der Waals surface area contributed by atoms with Crippen LogP contribution in [0.15, 0.2) is 18.5 Å². The van der Waals surface area contributed by atoms with Gasteiger partial charge in [-0.15, -0.1) is 4.80 Å². The summed E-state index contributed by atoms with van der Waals surface area (Å²) in [7, 11) is 0. The Hall–Kier alpha value is -2.40. The van der Waals surface area contributed by atoms with Crippen molar-refractivity contribution >= 4 is 23.2 Å². The van der Waals surface area contributed by atoms with Crippen LogP contribution in [0.5, 0.6) is 0 Å². The number of anilines is 1. The molecule has 1 atom stereocenters. The number of aliphatic hydroxyl groups is 1. The van der Waals surface area contributed by atoms with Crippen LogP contribution >= 0.6 is 11.6 Å². The summed E-state index contributed by atoms with van der Waals surface area (Å²) >= 11 is 6.00. The van der Waals surface area contributed by atoms with E-state index in [0.29, 0.717) is 16.2 Å². The number of carbonyl (C=O) groups is 1. The van der Waals surface area contributed by atoms with Crippen molar-refractivity contribution in [3.05, 3.63) is 34.9 Å². The van der Waals surface area contributed by atoms with Crippen LogP contribution in [0.1, 0.15) is 68.0 Å². The third kappa shape index (κ3) is 6.10. The molecule has 1 fully saturated rings. The highest BCUT2D eigenvalue weighted by Gasteiger charge is 2.28. The fraction of sp³-hybridized carbons (Fsp3) is 0.600. The van der Waals surface area contributed by atoms with E-state index in [4.69, 9.17) is 11.6 Å². The van der Waals surface area contributed by atoms with E-state index in [1.54, 1.807) is 0 Å². The van der Waals surface area contributed by atoms with Crippen molar-refractivity contribution in [1.82, 2.24) is 25.3 Å². The number of hydrogen-bond donors (Lipinski definition) is 3. The first kappa shape index (κ1) is 24.2. The highest BCUT2D eigenvalue weighted by atomic mass is 35.5. The Morgan fingerprint density at radius 2 is 1.97 bits per heavy atom. The molecule has 2 aromatic rings. The number of hydrogen-bond acceptors (Lipinski definition) is 6. The first-order valence-electron chi connectivity index (χ1n) is 10.3. The molecule has 3 rings (SSSR count). The lowest BCUT2D eigenvalue weighted by molar-refractivity contribution is -0.00178. The molecule has 0 bridgehead atoms. The smallest absolute Gasteiger partial charge is 0.348 e. The molecule has 1 saturated carbocycles. The Morgan fingerprint density at radius 3 is 2.56 bits per heavy atom. The zero-order chi connectivity index (χ0) is 23.5.